The molecule has 126 valence electrons. The van der Waals surface area contributed by atoms with E-state index in [4.69, 9.17) is 0 Å². The predicted molar refractivity (Wildman–Crippen MR) is 85.5 cm³/mol. The third-order valence-electron chi connectivity index (χ3n) is 3.64. The van der Waals surface area contributed by atoms with Crippen LogP contribution in [0.15, 0.2) is 22.7 Å². The summed E-state index contributed by atoms with van der Waals surface area (Å²) in [7, 11) is 0. The summed E-state index contributed by atoms with van der Waals surface area (Å²) >= 11 is 3.32. The molecule has 0 amide bonds. The maximum atomic E-state index is 12.6. The van der Waals surface area contributed by atoms with Gasteiger partial charge in [-0.2, -0.15) is 13.2 Å². The number of rotatable bonds is 4. The average molecular weight is 404 g/mol. The number of phenols is 1. The average Bonchev–Trinajstić information content (AvgIpc) is 2.43. The zero-order valence-corrected chi connectivity index (χ0v) is 14.3. The lowest BCUT2D eigenvalue weighted by Gasteiger charge is -2.35. The predicted octanol–water partition coefficient (Wildman–Crippen LogP) is 3.87. The Labute approximate surface area is 142 Å². The summed E-state index contributed by atoms with van der Waals surface area (Å²) in [4.78, 5) is 2.00. The standard InChI is InChI=1S/C14H18BrF3N2O.ClH/c15-10-1-2-13(21)11(9-10)12(3-4-14(16,17)18)20-7-5-19-6-8-20;/h1-2,9,12,19,21H,3-8H2;1H/t12-;/m1./s1. The first-order valence-electron chi connectivity index (χ1n) is 6.87. The van der Waals surface area contributed by atoms with Gasteiger partial charge in [0.2, 0.25) is 0 Å². The smallest absolute Gasteiger partial charge is 0.389 e. The van der Waals surface area contributed by atoms with E-state index >= 15 is 0 Å². The minimum atomic E-state index is -4.19. The molecule has 0 spiro atoms. The minimum Gasteiger partial charge on any atom is -0.508 e. The molecule has 8 heteroatoms. The molecule has 0 bridgehead atoms. The van der Waals surface area contributed by atoms with Crippen molar-refractivity contribution in [2.45, 2.75) is 25.1 Å². The van der Waals surface area contributed by atoms with E-state index in [0.717, 1.165) is 17.6 Å². The molecule has 0 unspecified atom stereocenters. The van der Waals surface area contributed by atoms with Crippen LogP contribution in [0.4, 0.5) is 13.2 Å². The number of piperazine rings is 1. The molecular formula is C14H19BrClF3N2O. The summed E-state index contributed by atoms with van der Waals surface area (Å²) in [6.07, 6.45) is -5.09. The third kappa shape index (κ3) is 5.61. The zero-order chi connectivity index (χ0) is 15.5. The Balaban J connectivity index is 0.00000242. The molecule has 1 fully saturated rings. The lowest BCUT2D eigenvalue weighted by atomic mass is 9.98. The number of nitrogens with one attached hydrogen (secondary N) is 1. The van der Waals surface area contributed by atoms with Crippen molar-refractivity contribution in [3.63, 3.8) is 0 Å². The van der Waals surface area contributed by atoms with E-state index in [-0.39, 0.29) is 24.6 Å². The van der Waals surface area contributed by atoms with Gasteiger partial charge in [-0.1, -0.05) is 15.9 Å². The number of alkyl halides is 3. The Hall–Kier alpha value is -0.500. The van der Waals surface area contributed by atoms with Gasteiger partial charge in [0.05, 0.1) is 0 Å². The van der Waals surface area contributed by atoms with E-state index in [1.165, 1.54) is 6.07 Å². The highest BCUT2D eigenvalue weighted by Gasteiger charge is 2.32. The number of nitrogens with zero attached hydrogens (tertiary/aromatic N) is 1. The molecule has 0 radical (unpaired) electrons. The first-order valence-corrected chi connectivity index (χ1v) is 7.66. The molecule has 1 aliphatic rings. The topological polar surface area (TPSA) is 35.5 Å². The molecule has 1 saturated heterocycles. The second kappa shape index (κ2) is 8.38. The van der Waals surface area contributed by atoms with Crippen LogP contribution in [0.1, 0.15) is 24.4 Å². The van der Waals surface area contributed by atoms with E-state index in [2.05, 4.69) is 21.2 Å². The van der Waals surface area contributed by atoms with Crippen LogP contribution in [0.2, 0.25) is 0 Å². The van der Waals surface area contributed by atoms with Crippen molar-refractivity contribution in [1.82, 2.24) is 10.2 Å². The molecule has 0 saturated carbocycles. The Morgan fingerprint density at radius 2 is 1.91 bits per heavy atom. The molecule has 1 aliphatic heterocycles. The van der Waals surface area contributed by atoms with Gasteiger partial charge >= 0.3 is 6.18 Å². The SMILES string of the molecule is Cl.Oc1ccc(Br)cc1[C@@H](CCC(F)(F)F)N1CCNCC1. The molecule has 1 aromatic carbocycles. The quantitative estimate of drug-likeness (QED) is 0.801. The number of hydrogen-bond acceptors (Lipinski definition) is 3. The van der Waals surface area contributed by atoms with E-state index in [1.807, 2.05) is 4.90 Å². The third-order valence-corrected chi connectivity index (χ3v) is 4.14. The van der Waals surface area contributed by atoms with Crippen molar-refractivity contribution in [2.75, 3.05) is 26.2 Å². The van der Waals surface area contributed by atoms with Crippen molar-refractivity contribution in [1.29, 1.82) is 0 Å². The van der Waals surface area contributed by atoms with Gasteiger partial charge in [-0.25, -0.2) is 0 Å². The molecule has 1 heterocycles. The number of benzene rings is 1. The van der Waals surface area contributed by atoms with Crippen molar-refractivity contribution in [3.05, 3.63) is 28.2 Å². The fourth-order valence-electron chi connectivity index (χ4n) is 2.62. The van der Waals surface area contributed by atoms with Gasteiger partial charge in [0.1, 0.15) is 5.75 Å². The molecule has 3 nitrogen and oxygen atoms in total. The fourth-order valence-corrected chi connectivity index (χ4v) is 3.00. The molecule has 2 N–H and O–H groups in total. The normalized spacial score (nSPS) is 17.8. The molecule has 22 heavy (non-hydrogen) atoms. The Bertz CT molecular complexity index is 482. The molecule has 2 rings (SSSR count). The van der Waals surface area contributed by atoms with Gasteiger partial charge in [0, 0.05) is 48.7 Å². The summed E-state index contributed by atoms with van der Waals surface area (Å²) in [6, 6.07) is 4.48. The Morgan fingerprint density at radius 1 is 1.27 bits per heavy atom. The Morgan fingerprint density at radius 3 is 2.50 bits per heavy atom. The van der Waals surface area contributed by atoms with Crippen LogP contribution in [0.5, 0.6) is 5.75 Å². The van der Waals surface area contributed by atoms with Gasteiger partial charge in [-0.15, -0.1) is 12.4 Å². The lowest BCUT2D eigenvalue weighted by Crippen LogP contribution is -2.45. The van der Waals surface area contributed by atoms with Crippen LogP contribution in [0.25, 0.3) is 0 Å². The number of halogens is 5. The minimum absolute atomic E-state index is 0. The first kappa shape index (κ1) is 19.5. The van der Waals surface area contributed by atoms with Crippen LogP contribution in [0.3, 0.4) is 0 Å². The fraction of sp³-hybridized carbons (Fsp3) is 0.571. The molecule has 1 atom stereocenters. The van der Waals surface area contributed by atoms with Crippen molar-refractivity contribution < 1.29 is 18.3 Å². The van der Waals surface area contributed by atoms with E-state index in [1.54, 1.807) is 12.1 Å². The van der Waals surface area contributed by atoms with Crippen LogP contribution in [-0.4, -0.2) is 42.4 Å². The van der Waals surface area contributed by atoms with Gasteiger partial charge in [0.15, 0.2) is 0 Å². The molecule has 0 aliphatic carbocycles. The lowest BCUT2D eigenvalue weighted by molar-refractivity contribution is -0.138. The monoisotopic (exact) mass is 402 g/mol. The van der Waals surface area contributed by atoms with Crippen LogP contribution >= 0.6 is 28.3 Å². The highest BCUT2D eigenvalue weighted by molar-refractivity contribution is 9.10. The van der Waals surface area contributed by atoms with E-state index in [9.17, 15) is 18.3 Å². The van der Waals surface area contributed by atoms with E-state index < -0.39 is 18.6 Å². The number of hydrogen-bond donors (Lipinski definition) is 2. The zero-order valence-electron chi connectivity index (χ0n) is 11.9. The van der Waals surface area contributed by atoms with Crippen LogP contribution < -0.4 is 5.32 Å². The Kier molecular flexibility index (Phi) is 7.45. The van der Waals surface area contributed by atoms with Gasteiger partial charge in [-0.3, -0.25) is 4.90 Å². The summed E-state index contributed by atoms with van der Waals surface area (Å²) in [5.74, 6) is 0.0453. The molecule has 1 aromatic rings. The first-order chi connectivity index (χ1) is 9.87. The highest BCUT2D eigenvalue weighted by Crippen LogP contribution is 2.36. The van der Waals surface area contributed by atoms with Crippen LogP contribution in [0, 0.1) is 0 Å². The van der Waals surface area contributed by atoms with Gasteiger partial charge in [-0.05, 0) is 24.6 Å². The van der Waals surface area contributed by atoms with E-state index in [0.29, 0.717) is 18.7 Å². The summed E-state index contributed by atoms with van der Waals surface area (Å²) in [5, 5.41) is 13.2. The van der Waals surface area contributed by atoms with Crippen molar-refractivity contribution >= 4 is 28.3 Å². The van der Waals surface area contributed by atoms with Gasteiger partial charge in [0.25, 0.3) is 0 Å². The second-order valence-electron chi connectivity index (χ2n) is 5.16. The molecule has 0 aromatic heterocycles. The second-order valence-corrected chi connectivity index (χ2v) is 6.07. The molecular weight excluding hydrogens is 385 g/mol. The summed E-state index contributed by atoms with van der Waals surface area (Å²) < 4.78 is 38.5. The summed E-state index contributed by atoms with van der Waals surface area (Å²) in [5.41, 5.74) is 0.551. The summed E-state index contributed by atoms with van der Waals surface area (Å²) in [6.45, 7) is 2.84. The number of phenolic OH excluding ortho intramolecular Hbond substituents is 1. The highest BCUT2D eigenvalue weighted by atomic mass is 79.9. The van der Waals surface area contributed by atoms with Gasteiger partial charge < -0.3 is 10.4 Å². The van der Waals surface area contributed by atoms with Crippen molar-refractivity contribution in [2.24, 2.45) is 0 Å². The van der Waals surface area contributed by atoms with Crippen molar-refractivity contribution in [3.8, 4) is 5.75 Å². The maximum Gasteiger partial charge on any atom is 0.389 e. The largest absolute Gasteiger partial charge is 0.508 e. The number of aromatic hydroxyl groups is 1. The van der Waals surface area contributed by atoms with Crippen LogP contribution in [-0.2, 0) is 0 Å². The maximum absolute atomic E-state index is 12.6.